The van der Waals surface area contributed by atoms with Crippen LogP contribution in [-0.2, 0) is 9.59 Å². The van der Waals surface area contributed by atoms with Gasteiger partial charge in [-0.05, 0) is 49.7 Å². The summed E-state index contributed by atoms with van der Waals surface area (Å²) < 4.78 is 5.52. The number of anilines is 2. The van der Waals surface area contributed by atoms with Crippen LogP contribution in [-0.4, -0.2) is 23.3 Å². The summed E-state index contributed by atoms with van der Waals surface area (Å²) in [5.74, 6) is -0.203. The fraction of sp³-hybridized carbons (Fsp3) is 0.190. The number of oxazole rings is 1. The smallest absolute Gasteiger partial charge is 0.239 e. The van der Waals surface area contributed by atoms with Crippen molar-refractivity contribution in [3.8, 4) is 11.5 Å². The number of amides is 2. The number of nitrogens with zero attached hydrogens (tertiary/aromatic N) is 2. The van der Waals surface area contributed by atoms with E-state index in [4.69, 9.17) is 27.6 Å². The Balaban J connectivity index is 1.48. The van der Waals surface area contributed by atoms with Gasteiger partial charge in [0.05, 0.1) is 16.2 Å². The molecular weight excluding hydrogens is 413 g/mol. The Bertz CT molecular complexity index is 1100. The third-order valence-corrected chi connectivity index (χ3v) is 5.47. The molecule has 2 heterocycles. The molecule has 1 aromatic heterocycles. The number of nitrogens with one attached hydrogen (secondary N) is 1. The molecule has 1 saturated heterocycles. The van der Waals surface area contributed by atoms with Crippen molar-refractivity contribution in [2.45, 2.75) is 13.3 Å². The minimum absolute atomic E-state index is 0.264. The van der Waals surface area contributed by atoms with E-state index in [9.17, 15) is 9.59 Å². The Hall–Kier alpha value is -2.83. The van der Waals surface area contributed by atoms with Gasteiger partial charge < -0.3 is 14.6 Å². The minimum Gasteiger partial charge on any atom is -0.441 e. The monoisotopic (exact) mass is 429 g/mol. The second-order valence-corrected chi connectivity index (χ2v) is 7.59. The van der Waals surface area contributed by atoms with Crippen molar-refractivity contribution < 1.29 is 14.0 Å². The minimum atomic E-state index is -0.767. The van der Waals surface area contributed by atoms with Crippen LogP contribution < -0.4 is 10.2 Å². The first kappa shape index (κ1) is 19.5. The molecule has 0 bridgehead atoms. The summed E-state index contributed by atoms with van der Waals surface area (Å²) in [6.45, 7) is 2.25. The van der Waals surface area contributed by atoms with Gasteiger partial charge in [-0.25, -0.2) is 4.98 Å². The van der Waals surface area contributed by atoms with E-state index in [-0.39, 0.29) is 11.8 Å². The van der Waals surface area contributed by atoms with Crippen molar-refractivity contribution in [2.75, 3.05) is 16.8 Å². The molecule has 1 fully saturated rings. The zero-order valence-corrected chi connectivity index (χ0v) is 17.0. The van der Waals surface area contributed by atoms with E-state index in [1.165, 1.54) is 0 Å². The van der Waals surface area contributed by atoms with Crippen LogP contribution in [0.15, 0.2) is 53.1 Å². The molecule has 1 N–H and O–H groups in total. The predicted octanol–water partition coefficient (Wildman–Crippen LogP) is 4.95. The Labute approximate surface area is 177 Å². The molecule has 4 rings (SSSR count). The number of carbonyl (C=O) groups is 2. The zero-order valence-electron chi connectivity index (χ0n) is 15.5. The van der Waals surface area contributed by atoms with Crippen molar-refractivity contribution in [2.24, 2.45) is 5.92 Å². The van der Waals surface area contributed by atoms with E-state index in [1.54, 1.807) is 47.5 Å². The van der Waals surface area contributed by atoms with Gasteiger partial charge in [-0.15, -0.1) is 0 Å². The molecule has 29 heavy (non-hydrogen) atoms. The highest BCUT2D eigenvalue weighted by molar-refractivity contribution is 6.42. The van der Waals surface area contributed by atoms with E-state index in [1.807, 2.05) is 13.0 Å². The molecule has 3 aromatic rings. The topological polar surface area (TPSA) is 75.4 Å². The number of benzene rings is 2. The zero-order chi connectivity index (χ0) is 20.5. The van der Waals surface area contributed by atoms with Crippen LogP contribution >= 0.6 is 23.2 Å². The van der Waals surface area contributed by atoms with Gasteiger partial charge in [-0.3, -0.25) is 9.59 Å². The molecular formula is C21H17Cl2N3O3. The van der Waals surface area contributed by atoms with Crippen molar-refractivity contribution in [1.29, 1.82) is 0 Å². The molecule has 1 aliphatic rings. The maximum Gasteiger partial charge on any atom is 0.239 e. The normalized spacial score (nSPS) is 16.3. The van der Waals surface area contributed by atoms with Crippen LogP contribution in [0.5, 0.6) is 0 Å². The SMILES string of the molecule is Cc1cnc(-c2cccc(NC(=O)C3CCN(c4ccc(Cl)c(Cl)c4)C3=O)c2)o1. The molecule has 1 aliphatic heterocycles. The number of aryl methyl sites for hydroxylation is 1. The third kappa shape index (κ3) is 3.99. The number of aromatic nitrogens is 1. The predicted molar refractivity (Wildman–Crippen MR) is 112 cm³/mol. The molecule has 8 heteroatoms. The summed E-state index contributed by atoms with van der Waals surface area (Å²) in [6, 6.07) is 12.1. The van der Waals surface area contributed by atoms with E-state index in [2.05, 4.69) is 10.3 Å². The van der Waals surface area contributed by atoms with E-state index < -0.39 is 5.92 Å². The lowest BCUT2D eigenvalue weighted by atomic mass is 10.1. The van der Waals surface area contributed by atoms with Crippen LogP contribution in [0.25, 0.3) is 11.5 Å². The number of rotatable bonds is 4. The second-order valence-electron chi connectivity index (χ2n) is 6.78. The first-order valence-electron chi connectivity index (χ1n) is 9.02. The van der Waals surface area contributed by atoms with Gasteiger partial charge in [0.1, 0.15) is 11.7 Å². The van der Waals surface area contributed by atoms with Gasteiger partial charge in [-0.1, -0.05) is 29.3 Å². The fourth-order valence-corrected chi connectivity index (χ4v) is 3.57. The van der Waals surface area contributed by atoms with Crippen LogP contribution in [0.3, 0.4) is 0 Å². The summed E-state index contributed by atoms with van der Waals surface area (Å²) >= 11 is 12.0. The van der Waals surface area contributed by atoms with Gasteiger partial charge >= 0.3 is 0 Å². The molecule has 1 unspecified atom stereocenters. The van der Waals surface area contributed by atoms with Gasteiger partial charge in [0.2, 0.25) is 17.7 Å². The maximum absolute atomic E-state index is 12.8. The van der Waals surface area contributed by atoms with Crippen molar-refractivity contribution in [3.63, 3.8) is 0 Å². The molecule has 148 valence electrons. The molecule has 2 aromatic carbocycles. The highest BCUT2D eigenvalue weighted by atomic mass is 35.5. The first-order chi connectivity index (χ1) is 13.9. The summed E-state index contributed by atoms with van der Waals surface area (Å²) in [5.41, 5.74) is 1.94. The average Bonchev–Trinajstić information content (AvgIpc) is 3.30. The quantitative estimate of drug-likeness (QED) is 0.595. The summed E-state index contributed by atoms with van der Waals surface area (Å²) in [4.78, 5) is 31.3. The van der Waals surface area contributed by atoms with E-state index >= 15 is 0 Å². The largest absolute Gasteiger partial charge is 0.441 e. The highest BCUT2D eigenvalue weighted by Crippen LogP contribution is 2.31. The van der Waals surface area contributed by atoms with E-state index in [0.29, 0.717) is 46.0 Å². The Morgan fingerprint density at radius 1 is 1.21 bits per heavy atom. The molecule has 0 spiro atoms. The molecule has 1 atom stereocenters. The molecule has 2 amide bonds. The Morgan fingerprint density at radius 2 is 2.03 bits per heavy atom. The number of carbonyl (C=O) groups excluding carboxylic acids is 2. The summed E-state index contributed by atoms with van der Waals surface area (Å²) in [6.07, 6.45) is 2.05. The Kier molecular flexibility index (Phi) is 5.30. The third-order valence-electron chi connectivity index (χ3n) is 4.74. The standard InChI is InChI=1S/C21H17Cl2N3O3/c1-12-11-24-20(29-12)13-3-2-4-14(9-13)25-19(27)16-7-8-26(21(16)28)15-5-6-17(22)18(23)10-15/h2-6,9-11,16H,7-8H2,1H3,(H,25,27). The van der Waals surface area contributed by atoms with E-state index in [0.717, 1.165) is 5.56 Å². The molecule has 0 radical (unpaired) electrons. The fourth-order valence-electron chi connectivity index (χ4n) is 3.28. The summed E-state index contributed by atoms with van der Waals surface area (Å²) in [5, 5.41) is 3.60. The van der Waals surface area contributed by atoms with Gasteiger partial charge in [0.25, 0.3) is 0 Å². The first-order valence-corrected chi connectivity index (χ1v) is 9.78. The number of halogens is 2. The number of hydrogen-bond donors (Lipinski definition) is 1. The highest BCUT2D eigenvalue weighted by Gasteiger charge is 2.37. The van der Waals surface area contributed by atoms with Crippen molar-refractivity contribution in [3.05, 3.63) is 64.5 Å². The average molecular weight is 430 g/mol. The van der Waals surface area contributed by atoms with Crippen LogP contribution in [0.4, 0.5) is 11.4 Å². The number of hydrogen-bond acceptors (Lipinski definition) is 4. The lowest BCUT2D eigenvalue weighted by molar-refractivity contribution is -0.129. The lowest BCUT2D eigenvalue weighted by Crippen LogP contribution is -2.33. The van der Waals surface area contributed by atoms with Gasteiger partial charge in [0, 0.05) is 23.5 Å². The van der Waals surface area contributed by atoms with Crippen molar-refractivity contribution >= 4 is 46.4 Å². The summed E-state index contributed by atoms with van der Waals surface area (Å²) in [7, 11) is 0. The maximum atomic E-state index is 12.8. The van der Waals surface area contributed by atoms with Crippen molar-refractivity contribution in [1.82, 2.24) is 4.98 Å². The molecule has 0 saturated carbocycles. The molecule has 0 aliphatic carbocycles. The van der Waals surface area contributed by atoms with Crippen LogP contribution in [0.1, 0.15) is 12.2 Å². The van der Waals surface area contributed by atoms with Crippen LogP contribution in [0.2, 0.25) is 10.0 Å². The Morgan fingerprint density at radius 3 is 2.76 bits per heavy atom. The lowest BCUT2D eigenvalue weighted by Gasteiger charge is -2.17. The second kappa shape index (κ2) is 7.89. The van der Waals surface area contributed by atoms with Gasteiger partial charge in [0.15, 0.2) is 0 Å². The van der Waals surface area contributed by atoms with Gasteiger partial charge in [-0.2, -0.15) is 0 Å². The molecule has 6 nitrogen and oxygen atoms in total. The van der Waals surface area contributed by atoms with Crippen LogP contribution in [0, 0.1) is 12.8 Å².